The number of carboxylic acid groups (broad SMARTS) is 1. The van der Waals surface area contributed by atoms with Crippen molar-refractivity contribution in [2.45, 2.75) is 250 Å². The number of nitrogens with zero attached hydrogens (tertiary/aromatic N) is 1. The van der Waals surface area contributed by atoms with Gasteiger partial charge in [-0.3, -0.25) is 95.9 Å². The van der Waals surface area contributed by atoms with Gasteiger partial charge in [0.25, 0.3) is 0 Å². The molecule has 682 valence electrons. The van der Waals surface area contributed by atoms with Gasteiger partial charge in [-0.1, -0.05) is 73.6 Å². The number of primary amides is 4. The number of aliphatic hydroxyl groups excluding tert-OH is 1. The molecule has 0 aliphatic carbocycles. The van der Waals surface area contributed by atoms with E-state index in [1.54, 1.807) is 85.9 Å². The number of carbonyl (C=O) groups excluding carboxylic acids is 19. The Morgan fingerprint density at radius 1 is 0.415 bits per heavy atom. The lowest BCUT2D eigenvalue weighted by atomic mass is 9.98. The van der Waals surface area contributed by atoms with Gasteiger partial charge in [0.2, 0.25) is 112 Å². The minimum Gasteiger partial charge on any atom is -0.481 e. The van der Waals surface area contributed by atoms with Crippen LogP contribution in [0.2, 0.25) is 0 Å². The summed E-state index contributed by atoms with van der Waals surface area (Å²) in [6, 6.07) is -14.8. The molecule has 2 aromatic heterocycles. The van der Waals surface area contributed by atoms with Crippen molar-refractivity contribution in [2.24, 2.45) is 46.6 Å². The van der Waals surface area contributed by atoms with E-state index in [1.165, 1.54) is 12.5 Å². The van der Waals surface area contributed by atoms with Gasteiger partial charge >= 0.3 is 5.97 Å². The molecule has 15 atom stereocenters. The Labute approximate surface area is 721 Å². The quantitative estimate of drug-likeness (QED) is 0.0234. The number of benzene rings is 1. The number of amides is 19. The van der Waals surface area contributed by atoms with Crippen LogP contribution in [0.15, 0.2) is 43.0 Å². The van der Waals surface area contributed by atoms with Crippen molar-refractivity contribution >= 4 is 154 Å². The van der Waals surface area contributed by atoms with E-state index in [1.807, 2.05) is 0 Å². The average molecular weight is 1770 g/mol. The zero-order chi connectivity index (χ0) is 92.8. The third-order valence-electron chi connectivity index (χ3n) is 18.8. The van der Waals surface area contributed by atoms with Crippen LogP contribution in [0.3, 0.4) is 0 Å². The van der Waals surface area contributed by atoms with Crippen LogP contribution in [0.5, 0.6) is 0 Å². The van der Waals surface area contributed by atoms with Crippen molar-refractivity contribution in [1.82, 2.24) is 94.7 Å². The van der Waals surface area contributed by atoms with E-state index in [9.17, 15) is 106 Å². The maximum Gasteiger partial charge on any atom is 0.303 e. The number of aliphatic carboxylic acids is 1. The standard InChI is InChI=1S/C77H120N22O22S2/c1-35(2)24-50(71(115)91-48(18-22-59(80)104)69(113)93-52(26-37(5)6)74(118)99-63(40(10)100)77(121)98-62(38(7)8)76(120)97-53(27-42-29-83-45-15-13-12-14-44(42)45)66(110)84-31-60(105)88-55(32-122)64(81)108)94-72(116)51(25-36(3)4)95-73(117)54(28-43-30-82-34-85-43)96-70(114)47(17-21-58(79)103)90-68(112)46(16-20-57(78)102)89-65(109)39(9)86-67(111)49(19-23-61(106)107)92-75(119)56(33-123)87-41(11)101/h12-15,29-30,34-40,46-56,62-63,83,100,122-123H,16-28,31-33H2,1-11H3,(H2,78,102)(H2,79,103)(H2,80,104)(H2,81,108)(H,82,85)(H,84,110)(H,86,111)(H,87,101)(H,88,105)(H,89,109)(H,90,112)(H,91,115)(H,92,119)(H,93,113)(H,94,116)(H,95,117)(H,96,114)(H,97,120)(H,98,121)(H,99,118)(H,106,107)/t39-,40+,46-,47-,48-,49-,50-,51-,52-,53-,54-,55-,56-,62-,63-/m0/s1. The highest BCUT2D eigenvalue weighted by atomic mass is 32.1. The molecular weight excluding hydrogens is 1650 g/mol. The smallest absolute Gasteiger partial charge is 0.303 e. The van der Waals surface area contributed by atoms with Gasteiger partial charge in [-0.15, -0.1) is 0 Å². The largest absolute Gasteiger partial charge is 0.481 e. The van der Waals surface area contributed by atoms with Crippen LogP contribution in [-0.4, -0.2) is 252 Å². The van der Waals surface area contributed by atoms with Gasteiger partial charge < -0.3 is 123 Å². The molecule has 0 fully saturated rings. The molecule has 0 unspecified atom stereocenters. The molecule has 44 nitrogen and oxygen atoms in total. The highest BCUT2D eigenvalue weighted by molar-refractivity contribution is 7.80. The Hall–Kier alpha value is -12.0. The number of nitrogens with two attached hydrogens (primary N) is 4. The second-order valence-corrected chi connectivity index (χ2v) is 32.0. The number of hydrogen-bond acceptors (Lipinski definition) is 24. The molecule has 123 heavy (non-hydrogen) atoms. The zero-order valence-electron chi connectivity index (χ0n) is 70.5. The fourth-order valence-electron chi connectivity index (χ4n) is 12.3. The molecule has 19 amide bonds. The van der Waals surface area contributed by atoms with E-state index < -0.39 is 297 Å². The minimum absolute atomic E-state index is 0.137. The highest BCUT2D eigenvalue weighted by Crippen LogP contribution is 2.21. The predicted molar refractivity (Wildman–Crippen MR) is 450 cm³/mol. The summed E-state index contributed by atoms with van der Waals surface area (Å²) in [5.41, 5.74) is 23.3. The minimum atomic E-state index is -1.84. The van der Waals surface area contributed by atoms with E-state index in [4.69, 9.17) is 22.9 Å². The fraction of sp³-hybridized carbons (Fsp3) is 0.597. The van der Waals surface area contributed by atoms with Crippen LogP contribution in [0.1, 0.15) is 158 Å². The van der Waals surface area contributed by atoms with Crippen LogP contribution >= 0.6 is 25.3 Å². The van der Waals surface area contributed by atoms with Gasteiger partial charge in [-0.2, -0.15) is 25.3 Å². The topological polar surface area (TPSA) is 711 Å². The SMILES string of the molecule is CC(=O)N[C@@H](CS)C(=O)N[C@@H](CCC(=O)O)C(=O)N[C@@H](C)C(=O)N[C@@H](CCC(N)=O)C(=O)N[C@@H](CCC(N)=O)C(=O)N[C@@H](Cc1cnc[nH]1)C(=O)N[C@@H](CC(C)C)C(=O)N[C@@H](CC(C)C)C(=O)N[C@@H](CCC(N)=O)C(=O)N[C@@H](CC(C)C)C(=O)N[C@H](C(=O)N[C@H](C(=O)N[C@@H](Cc1c[nH]c2ccccc12)C(=O)NCC(=O)N[C@@H](CS)C(N)=O)C(C)C)[C@@H](C)O. The lowest BCUT2D eigenvalue weighted by Gasteiger charge is -2.30. The van der Waals surface area contributed by atoms with E-state index in [2.05, 4.69) is 120 Å². The third-order valence-corrected chi connectivity index (χ3v) is 19.5. The Morgan fingerprint density at radius 3 is 1.21 bits per heavy atom. The van der Waals surface area contributed by atoms with Crippen molar-refractivity contribution in [3.8, 4) is 0 Å². The molecule has 0 aliphatic rings. The lowest BCUT2D eigenvalue weighted by molar-refractivity contribution is -0.138. The molecule has 0 radical (unpaired) electrons. The van der Waals surface area contributed by atoms with Gasteiger partial charge in [0, 0.05) is 85.9 Å². The number of para-hydroxylation sites is 1. The molecule has 0 bridgehead atoms. The van der Waals surface area contributed by atoms with Gasteiger partial charge in [0.1, 0.15) is 84.6 Å². The van der Waals surface area contributed by atoms with Crippen molar-refractivity contribution in [2.75, 3.05) is 18.1 Å². The van der Waals surface area contributed by atoms with Crippen molar-refractivity contribution in [3.05, 3.63) is 54.2 Å². The van der Waals surface area contributed by atoms with E-state index in [0.717, 1.165) is 20.8 Å². The van der Waals surface area contributed by atoms with Crippen molar-refractivity contribution < 1.29 is 106 Å². The second kappa shape index (κ2) is 52.4. The molecule has 0 spiro atoms. The number of H-pyrrole nitrogens is 2. The number of aromatic nitrogens is 3. The Kier molecular flexibility index (Phi) is 44.8. The average Bonchev–Trinajstić information content (AvgIpc) is 1.67. The molecule has 1 aromatic carbocycles. The number of rotatable bonds is 56. The summed E-state index contributed by atoms with van der Waals surface area (Å²) >= 11 is 8.06. The zero-order valence-corrected chi connectivity index (χ0v) is 72.3. The fourth-order valence-corrected chi connectivity index (χ4v) is 12.9. The van der Waals surface area contributed by atoms with Gasteiger partial charge in [-0.05, 0) is 94.1 Å². The first-order chi connectivity index (χ1) is 57.6. The first-order valence-corrected chi connectivity index (χ1v) is 41.2. The van der Waals surface area contributed by atoms with Crippen LogP contribution in [0, 0.1) is 23.7 Å². The summed E-state index contributed by atoms with van der Waals surface area (Å²) in [5.74, 6) is -22.3. The number of hydrogen-bond donors (Lipinski definition) is 25. The van der Waals surface area contributed by atoms with Gasteiger partial charge in [0.15, 0.2) is 0 Å². The number of carbonyl (C=O) groups is 20. The van der Waals surface area contributed by atoms with Crippen LogP contribution < -0.4 is 103 Å². The Bertz CT molecular complexity index is 4200. The molecule has 2 heterocycles. The number of thiol groups is 2. The molecule has 3 rings (SSSR count). The van der Waals surface area contributed by atoms with Crippen molar-refractivity contribution in [1.29, 1.82) is 0 Å². The summed E-state index contributed by atoms with van der Waals surface area (Å²) in [4.78, 5) is 280. The summed E-state index contributed by atoms with van der Waals surface area (Å²) in [7, 11) is 0. The van der Waals surface area contributed by atoms with Crippen LogP contribution in [0.4, 0.5) is 0 Å². The number of aromatic amines is 2. The monoisotopic (exact) mass is 1770 g/mol. The number of nitrogens with one attached hydrogen (secondary N) is 17. The van der Waals surface area contributed by atoms with Gasteiger partial charge in [0.05, 0.1) is 19.0 Å². The maximum atomic E-state index is 14.8. The molecule has 3 aromatic rings. The molecule has 46 heteroatoms. The second-order valence-electron chi connectivity index (χ2n) is 31.3. The highest BCUT2D eigenvalue weighted by Gasteiger charge is 2.40. The molecule has 0 saturated carbocycles. The summed E-state index contributed by atoms with van der Waals surface area (Å²) in [6.07, 6.45) is -2.92. The number of aliphatic hydroxyl groups is 1. The Morgan fingerprint density at radius 2 is 0.797 bits per heavy atom. The van der Waals surface area contributed by atoms with E-state index in [0.29, 0.717) is 16.5 Å². The van der Waals surface area contributed by atoms with Crippen LogP contribution in [-0.2, 0) is 109 Å². The molecule has 0 aliphatic heterocycles. The molecule has 0 saturated heterocycles. The Balaban J connectivity index is 1.95. The summed E-state index contributed by atoms with van der Waals surface area (Å²) in [5, 5.41) is 58.2. The van der Waals surface area contributed by atoms with E-state index >= 15 is 0 Å². The summed E-state index contributed by atoms with van der Waals surface area (Å²) < 4.78 is 0. The first kappa shape index (κ1) is 105. The number of fused-ring (bicyclic) bond motifs is 1. The third kappa shape index (κ3) is 37.9. The van der Waals surface area contributed by atoms with Crippen molar-refractivity contribution in [3.63, 3.8) is 0 Å². The molecule has 27 N–H and O–H groups in total. The maximum absolute atomic E-state index is 14.8. The lowest BCUT2D eigenvalue weighted by Crippen LogP contribution is -2.62. The van der Waals surface area contributed by atoms with E-state index in [-0.39, 0.29) is 42.9 Å². The predicted octanol–water partition coefficient (Wildman–Crippen LogP) is -6.20. The summed E-state index contributed by atoms with van der Waals surface area (Å²) in [6.45, 7) is 16.0. The normalized spacial score (nSPS) is 14.9. The number of carboxylic acids is 1. The first-order valence-electron chi connectivity index (χ1n) is 39.9. The van der Waals surface area contributed by atoms with Crippen LogP contribution in [0.25, 0.3) is 10.9 Å². The number of imidazole rings is 1. The van der Waals surface area contributed by atoms with Gasteiger partial charge in [-0.25, -0.2) is 4.98 Å². The molecular formula is C77H120N22O22S2.